The van der Waals surface area contributed by atoms with E-state index in [4.69, 9.17) is 0 Å². The number of benzene rings is 3. The summed E-state index contributed by atoms with van der Waals surface area (Å²) in [7, 11) is 0. The Labute approximate surface area is 174 Å². The van der Waals surface area contributed by atoms with E-state index in [0.717, 1.165) is 40.4 Å². The second kappa shape index (κ2) is 7.72. The molecule has 0 atom stereocenters. The number of imidazole rings is 1. The van der Waals surface area contributed by atoms with Gasteiger partial charge in [0.05, 0.1) is 23.8 Å². The van der Waals surface area contributed by atoms with Gasteiger partial charge in [-0.25, -0.2) is 4.98 Å². The topological polar surface area (TPSA) is 62.5 Å². The maximum Gasteiger partial charge on any atom is 0.155 e. The van der Waals surface area contributed by atoms with Crippen LogP contribution in [0.2, 0.25) is 0 Å². The van der Waals surface area contributed by atoms with Gasteiger partial charge in [-0.1, -0.05) is 54.6 Å². The Hall–Kier alpha value is -4.12. The Morgan fingerprint density at radius 2 is 1.63 bits per heavy atom. The predicted octanol–water partition coefficient (Wildman–Crippen LogP) is 5.38. The SMILES string of the molecule is Oc1cccc(-c2cnc3cnc(-c4ccc(CNc5ccccc5)cc4)cn23)c1. The molecule has 0 aliphatic rings. The van der Waals surface area contributed by atoms with Gasteiger partial charge in [-0.2, -0.15) is 0 Å². The molecule has 146 valence electrons. The zero-order valence-electron chi connectivity index (χ0n) is 16.2. The number of rotatable bonds is 5. The summed E-state index contributed by atoms with van der Waals surface area (Å²) >= 11 is 0. The number of anilines is 1. The molecule has 5 aromatic rings. The van der Waals surface area contributed by atoms with Gasteiger partial charge in [0.15, 0.2) is 5.65 Å². The van der Waals surface area contributed by atoms with Crippen molar-refractivity contribution < 1.29 is 5.11 Å². The fourth-order valence-corrected chi connectivity index (χ4v) is 3.47. The van der Waals surface area contributed by atoms with Crippen LogP contribution in [0.3, 0.4) is 0 Å². The first-order valence-electron chi connectivity index (χ1n) is 9.77. The van der Waals surface area contributed by atoms with Crippen molar-refractivity contribution in [3.63, 3.8) is 0 Å². The molecule has 0 saturated carbocycles. The molecule has 0 aliphatic carbocycles. The molecule has 5 nitrogen and oxygen atoms in total. The van der Waals surface area contributed by atoms with Gasteiger partial charge in [-0.3, -0.25) is 9.38 Å². The van der Waals surface area contributed by atoms with E-state index in [0.29, 0.717) is 0 Å². The molecule has 2 N–H and O–H groups in total. The summed E-state index contributed by atoms with van der Waals surface area (Å²) in [5.41, 5.74) is 6.79. The molecule has 0 fully saturated rings. The molecule has 5 heteroatoms. The van der Waals surface area contributed by atoms with E-state index in [1.165, 1.54) is 5.56 Å². The van der Waals surface area contributed by atoms with Crippen LogP contribution in [-0.2, 0) is 6.54 Å². The number of nitrogens with zero attached hydrogens (tertiary/aromatic N) is 3. The van der Waals surface area contributed by atoms with Crippen molar-refractivity contribution in [1.82, 2.24) is 14.4 Å². The van der Waals surface area contributed by atoms with Crippen molar-refractivity contribution in [1.29, 1.82) is 0 Å². The van der Waals surface area contributed by atoms with E-state index >= 15 is 0 Å². The van der Waals surface area contributed by atoms with Crippen molar-refractivity contribution >= 4 is 11.3 Å². The number of aromatic hydroxyl groups is 1. The summed E-state index contributed by atoms with van der Waals surface area (Å²) in [6, 6.07) is 25.7. The number of aromatic nitrogens is 3. The molecule has 0 unspecified atom stereocenters. The zero-order valence-corrected chi connectivity index (χ0v) is 16.2. The van der Waals surface area contributed by atoms with Crippen molar-refractivity contribution in [2.75, 3.05) is 5.32 Å². The largest absolute Gasteiger partial charge is 0.508 e. The number of nitrogens with one attached hydrogen (secondary N) is 1. The minimum Gasteiger partial charge on any atom is -0.508 e. The fraction of sp³-hybridized carbons (Fsp3) is 0.0400. The monoisotopic (exact) mass is 392 g/mol. The second-order valence-electron chi connectivity index (χ2n) is 7.11. The van der Waals surface area contributed by atoms with Crippen molar-refractivity contribution in [2.45, 2.75) is 6.54 Å². The third-order valence-electron chi connectivity index (χ3n) is 5.06. The first-order valence-corrected chi connectivity index (χ1v) is 9.77. The molecule has 2 heterocycles. The predicted molar refractivity (Wildman–Crippen MR) is 119 cm³/mol. The van der Waals surface area contributed by atoms with Gasteiger partial charge < -0.3 is 10.4 Å². The summed E-state index contributed by atoms with van der Waals surface area (Å²) in [6.07, 6.45) is 5.55. The lowest BCUT2D eigenvalue weighted by atomic mass is 10.1. The Morgan fingerprint density at radius 1 is 0.800 bits per heavy atom. The number of hydrogen-bond acceptors (Lipinski definition) is 4. The highest BCUT2D eigenvalue weighted by Gasteiger charge is 2.09. The van der Waals surface area contributed by atoms with Crippen LogP contribution in [-0.4, -0.2) is 19.5 Å². The van der Waals surface area contributed by atoms with Crippen molar-refractivity contribution in [3.05, 3.63) is 103 Å². The molecular formula is C25H20N4O. The third kappa shape index (κ3) is 3.61. The molecule has 0 aliphatic heterocycles. The minimum atomic E-state index is 0.233. The lowest BCUT2D eigenvalue weighted by Crippen LogP contribution is -1.99. The molecule has 0 spiro atoms. The van der Waals surface area contributed by atoms with E-state index in [1.54, 1.807) is 24.5 Å². The number of fused-ring (bicyclic) bond motifs is 1. The number of phenolic OH excluding ortho intramolecular Hbond substituents is 1. The molecule has 30 heavy (non-hydrogen) atoms. The average molecular weight is 392 g/mol. The highest BCUT2D eigenvalue weighted by molar-refractivity contribution is 5.67. The average Bonchev–Trinajstić information content (AvgIpc) is 3.22. The van der Waals surface area contributed by atoms with E-state index in [-0.39, 0.29) is 5.75 Å². The van der Waals surface area contributed by atoms with Crippen LogP contribution in [0.4, 0.5) is 5.69 Å². The second-order valence-corrected chi connectivity index (χ2v) is 7.11. The first kappa shape index (κ1) is 17.9. The Balaban J connectivity index is 1.41. The van der Waals surface area contributed by atoms with Crippen LogP contribution in [0.25, 0.3) is 28.2 Å². The summed E-state index contributed by atoms with van der Waals surface area (Å²) in [5.74, 6) is 0.233. The summed E-state index contributed by atoms with van der Waals surface area (Å²) in [6.45, 7) is 0.764. The van der Waals surface area contributed by atoms with Crippen LogP contribution in [0.1, 0.15) is 5.56 Å². The maximum atomic E-state index is 9.81. The van der Waals surface area contributed by atoms with E-state index in [1.807, 2.05) is 40.9 Å². The molecule has 3 aromatic carbocycles. The third-order valence-corrected chi connectivity index (χ3v) is 5.06. The van der Waals surface area contributed by atoms with E-state index in [2.05, 4.69) is 51.7 Å². The fourth-order valence-electron chi connectivity index (χ4n) is 3.47. The first-order chi connectivity index (χ1) is 14.8. The van der Waals surface area contributed by atoms with Gasteiger partial charge in [0.1, 0.15) is 5.75 Å². The molecule has 0 bridgehead atoms. The molecule has 0 amide bonds. The number of hydrogen-bond donors (Lipinski definition) is 2. The van der Waals surface area contributed by atoms with Gasteiger partial charge >= 0.3 is 0 Å². The number of para-hydroxylation sites is 1. The van der Waals surface area contributed by atoms with Crippen molar-refractivity contribution in [3.8, 4) is 28.3 Å². The van der Waals surface area contributed by atoms with Gasteiger partial charge in [0.25, 0.3) is 0 Å². The Kier molecular flexibility index (Phi) is 4.62. The van der Waals surface area contributed by atoms with Gasteiger partial charge in [-0.15, -0.1) is 0 Å². The maximum absolute atomic E-state index is 9.81. The van der Waals surface area contributed by atoms with Crippen LogP contribution in [0.15, 0.2) is 97.5 Å². The van der Waals surface area contributed by atoms with Crippen LogP contribution in [0, 0.1) is 0 Å². The van der Waals surface area contributed by atoms with Gasteiger partial charge in [-0.05, 0) is 29.8 Å². The molecule has 2 aromatic heterocycles. The van der Waals surface area contributed by atoms with Gasteiger partial charge in [0.2, 0.25) is 0 Å². The Morgan fingerprint density at radius 3 is 2.43 bits per heavy atom. The number of phenols is 1. The van der Waals surface area contributed by atoms with E-state index in [9.17, 15) is 5.11 Å². The minimum absolute atomic E-state index is 0.233. The van der Waals surface area contributed by atoms with Crippen LogP contribution in [0.5, 0.6) is 5.75 Å². The normalized spacial score (nSPS) is 10.9. The molecular weight excluding hydrogens is 372 g/mol. The molecule has 5 rings (SSSR count). The van der Waals surface area contributed by atoms with Gasteiger partial charge in [0, 0.05) is 29.6 Å². The Bertz CT molecular complexity index is 1290. The molecule has 0 saturated heterocycles. The van der Waals surface area contributed by atoms with E-state index < -0.39 is 0 Å². The van der Waals surface area contributed by atoms with Crippen LogP contribution < -0.4 is 5.32 Å². The summed E-state index contributed by atoms with van der Waals surface area (Å²) < 4.78 is 2.00. The van der Waals surface area contributed by atoms with Crippen molar-refractivity contribution in [2.24, 2.45) is 0 Å². The summed E-state index contributed by atoms with van der Waals surface area (Å²) in [4.78, 5) is 9.01. The van der Waals surface area contributed by atoms with Crippen LogP contribution >= 0.6 is 0 Å². The summed E-state index contributed by atoms with van der Waals surface area (Å²) in [5, 5.41) is 13.2. The lowest BCUT2D eigenvalue weighted by Gasteiger charge is -2.08. The lowest BCUT2D eigenvalue weighted by molar-refractivity contribution is 0.475. The highest BCUT2D eigenvalue weighted by Crippen LogP contribution is 2.26. The standard InChI is InChI=1S/C25H20N4O/c30-22-8-4-5-20(13-22)24-15-28-25-16-27-23(17-29(24)25)19-11-9-18(10-12-19)14-26-21-6-2-1-3-7-21/h1-13,15-17,26,30H,14H2. The smallest absolute Gasteiger partial charge is 0.155 e. The highest BCUT2D eigenvalue weighted by atomic mass is 16.3. The molecule has 0 radical (unpaired) electrons. The quantitative estimate of drug-likeness (QED) is 0.421. The zero-order chi connectivity index (χ0) is 20.3.